The molecule has 1 unspecified atom stereocenters. The fourth-order valence-corrected chi connectivity index (χ4v) is 2.62. The molecule has 28 heavy (non-hydrogen) atoms. The van der Waals surface area contributed by atoms with Crippen LogP contribution in [0.3, 0.4) is 0 Å². The number of carbonyl (C=O) groups excluding carboxylic acids is 4. The molecule has 0 aromatic heterocycles. The zero-order valence-electron chi connectivity index (χ0n) is 17.0. The highest BCUT2D eigenvalue weighted by molar-refractivity contribution is 5.78. The van der Waals surface area contributed by atoms with E-state index in [1.54, 1.807) is 0 Å². The van der Waals surface area contributed by atoms with Crippen molar-refractivity contribution in [2.75, 3.05) is 19.8 Å². The van der Waals surface area contributed by atoms with Crippen LogP contribution in [0.25, 0.3) is 0 Å². The van der Waals surface area contributed by atoms with Gasteiger partial charge in [0.05, 0.1) is 5.41 Å². The molecule has 0 aromatic carbocycles. The molecule has 0 fully saturated rings. The van der Waals surface area contributed by atoms with Crippen molar-refractivity contribution in [3.8, 4) is 0 Å². The molecule has 0 aliphatic carbocycles. The number of amides is 1. The average Bonchev–Trinajstić information content (AvgIpc) is 2.61. The Morgan fingerprint density at radius 3 is 1.57 bits per heavy atom. The van der Waals surface area contributed by atoms with Gasteiger partial charge >= 0.3 is 17.9 Å². The smallest absolute Gasteiger partial charge is 0.302 e. The Morgan fingerprint density at radius 2 is 1.18 bits per heavy atom. The van der Waals surface area contributed by atoms with Crippen molar-refractivity contribution in [2.45, 2.75) is 71.8 Å². The molecule has 0 aliphatic rings. The SMILES string of the molecule is CC(=O)OCC(CCCCCCCC(O)C(N)=O)(COC(C)=O)COC(C)=O. The Bertz CT molecular complexity index is 475. The number of unbranched alkanes of at least 4 members (excludes halogenated alkanes) is 4. The predicted octanol–water partition coefficient (Wildman–Crippen LogP) is 1.24. The molecular formula is C19H33NO8. The van der Waals surface area contributed by atoms with Crippen molar-refractivity contribution in [1.82, 2.24) is 0 Å². The zero-order valence-corrected chi connectivity index (χ0v) is 17.0. The van der Waals surface area contributed by atoms with Crippen LogP contribution < -0.4 is 5.73 Å². The van der Waals surface area contributed by atoms with Gasteiger partial charge in [0.25, 0.3) is 0 Å². The second-order valence-electron chi connectivity index (χ2n) is 7.07. The number of carbonyl (C=O) groups is 4. The minimum absolute atomic E-state index is 0.0201. The molecule has 0 spiro atoms. The van der Waals surface area contributed by atoms with E-state index in [1.165, 1.54) is 20.8 Å². The first-order valence-electron chi connectivity index (χ1n) is 9.45. The van der Waals surface area contributed by atoms with Crippen molar-refractivity contribution < 1.29 is 38.5 Å². The van der Waals surface area contributed by atoms with E-state index in [0.29, 0.717) is 19.3 Å². The third kappa shape index (κ3) is 13.1. The molecule has 1 amide bonds. The third-order valence-electron chi connectivity index (χ3n) is 4.26. The second kappa shape index (κ2) is 13.9. The Morgan fingerprint density at radius 1 is 0.786 bits per heavy atom. The minimum atomic E-state index is -1.11. The van der Waals surface area contributed by atoms with Gasteiger partial charge in [0.1, 0.15) is 25.9 Å². The molecule has 0 saturated carbocycles. The van der Waals surface area contributed by atoms with Crippen LogP contribution in [0.15, 0.2) is 0 Å². The summed E-state index contributed by atoms with van der Waals surface area (Å²) in [5.41, 5.74) is 4.20. The predicted molar refractivity (Wildman–Crippen MR) is 99.9 cm³/mol. The summed E-state index contributed by atoms with van der Waals surface area (Å²) in [6, 6.07) is 0. The molecule has 0 rings (SSSR count). The van der Waals surface area contributed by atoms with Gasteiger partial charge in [-0.15, -0.1) is 0 Å². The van der Waals surface area contributed by atoms with E-state index in [1.807, 2.05) is 0 Å². The van der Waals surface area contributed by atoms with E-state index in [9.17, 15) is 24.3 Å². The van der Waals surface area contributed by atoms with E-state index in [2.05, 4.69) is 0 Å². The van der Waals surface area contributed by atoms with Crippen LogP contribution in [0.4, 0.5) is 0 Å². The first kappa shape index (κ1) is 25.8. The first-order valence-corrected chi connectivity index (χ1v) is 9.45. The standard InChI is InChI=1S/C19H33NO8/c1-14(21)26-11-19(12-27-15(2)22,13-28-16(3)23)10-8-6-4-5-7-9-17(24)18(20)25/h17,24H,4-13H2,1-3H3,(H2,20,25). The van der Waals surface area contributed by atoms with Crippen molar-refractivity contribution in [3.05, 3.63) is 0 Å². The van der Waals surface area contributed by atoms with E-state index >= 15 is 0 Å². The molecule has 0 aliphatic heterocycles. The lowest BCUT2D eigenvalue weighted by atomic mass is 9.84. The van der Waals surface area contributed by atoms with E-state index < -0.39 is 35.3 Å². The molecule has 1 atom stereocenters. The average molecular weight is 403 g/mol. The Labute approximate surface area is 165 Å². The summed E-state index contributed by atoms with van der Waals surface area (Å²) in [4.78, 5) is 44.4. The third-order valence-corrected chi connectivity index (χ3v) is 4.26. The normalized spacial score (nSPS) is 12.1. The number of ether oxygens (including phenoxy) is 3. The van der Waals surface area contributed by atoms with E-state index in [-0.39, 0.29) is 19.8 Å². The first-order chi connectivity index (χ1) is 13.1. The monoisotopic (exact) mass is 403 g/mol. The second-order valence-corrected chi connectivity index (χ2v) is 7.07. The number of hydrogen-bond donors (Lipinski definition) is 2. The topological polar surface area (TPSA) is 142 Å². The van der Waals surface area contributed by atoms with Gasteiger partial charge in [-0.1, -0.05) is 32.1 Å². The van der Waals surface area contributed by atoms with Crippen LogP contribution in [0, 0.1) is 5.41 Å². The van der Waals surface area contributed by atoms with Crippen LogP contribution in [0.5, 0.6) is 0 Å². The minimum Gasteiger partial charge on any atom is -0.465 e. The molecule has 9 nitrogen and oxygen atoms in total. The van der Waals surface area contributed by atoms with E-state index in [4.69, 9.17) is 19.9 Å². The molecule has 0 heterocycles. The summed E-state index contributed by atoms with van der Waals surface area (Å²) in [7, 11) is 0. The van der Waals surface area contributed by atoms with Crippen LogP contribution >= 0.6 is 0 Å². The molecule has 3 N–H and O–H groups in total. The summed E-state index contributed by atoms with van der Waals surface area (Å²) < 4.78 is 15.4. The van der Waals surface area contributed by atoms with Gasteiger partial charge in [0.2, 0.25) is 5.91 Å². The lowest BCUT2D eigenvalue weighted by Crippen LogP contribution is -2.39. The molecular weight excluding hydrogens is 370 g/mol. The summed E-state index contributed by atoms with van der Waals surface area (Å²) >= 11 is 0. The van der Waals surface area contributed by atoms with Gasteiger partial charge < -0.3 is 25.1 Å². The van der Waals surface area contributed by atoms with Crippen LogP contribution in [0.1, 0.15) is 65.7 Å². The van der Waals surface area contributed by atoms with Crippen molar-refractivity contribution in [1.29, 1.82) is 0 Å². The Balaban J connectivity index is 4.61. The number of hydrogen-bond acceptors (Lipinski definition) is 8. The van der Waals surface area contributed by atoms with Crippen LogP contribution in [-0.4, -0.2) is 54.8 Å². The van der Waals surface area contributed by atoms with Crippen molar-refractivity contribution in [2.24, 2.45) is 11.1 Å². The molecule has 0 radical (unpaired) electrons. The van der Waals surface area contributed by atoms with Gasteiger partial charge in [-0.2, -0.15) is 0 Å². The van der Waals surface area contributed by atoms with Crippen LogP contribution in [0.2, 0.25) is 0 Å². The number of aliphatic hydroxyl groups is 1. The maximum Gasteiger partial charge on any atom is 0.302 e. The Hall–Kier alpha value is -2.16. The quantitative estimate of drug-likeness (QED) is 0.236. The van der Waals surface area contributed by atoms with Crippen molar-refractivity contribution in [3.63, 3.8) is 0 Å². The van der Waals surface area contributed by atoms with Gasteiger partial charge in [-0.3, -0.25) is 19.2 Å². The highest BCUT2D eigenvalue weighted by Crippen LogP contribution is 2.28. The lowest BCUT2D eigenvalue weighted by molar-refractivity contribution is -0.159. The zero-order chi connectivity index (χ0) is 21.6. The molecule has 9 heteroatoms. The fourth-order valence-electron chi connectivity index (χ4n) is 2.62. The number of primary amides is 1. The highest BCUT2D eigenvalue weighted by atomic mass is 16.6. The van der Waals surface area contributed by atoms with E-state index in [0.717, 1.165) is 25.7 Å². The fraction of sp³-hybridized carbons (Fsp3) is 0.789. The highest BCUT2D eigenvalue weighted by Gasteiger charge is 2.34. The number of rotatable bonds is 15. The summed E-state index contributed by atoms with van der Waals surface area (Å²) in [6.07, 6.45) is 3.73. The van der Waals surface area contributed by atoms with Gasteiger partial charge in [0.15, 0.2) is 0 Å². The maximum atomic E-state index is 11.2. The van der Waals surface area contributed by atoms with Gasteiger partial charge in [0, 0.05) is 20.8 Å². The number of esters is 3. The lowest BCUT2D eigenvalue weighted by Gasteiger charge is -2.32. The van der Waals surface area contributed by atoms with Crippen molar-refractivity contribution >= 4 is 23.8 Å². The van der Waals surface area contributed by atoms with Gasteiger partial charge in [-0.25, -0.2) is 0 Å². The molecule has 162 valence electrons. The van der Waals surface area contributed by atoms with Gasteiger partial charge in [-0.05, 0) is 12.8 Å². The summed E-state index contributed by atoms with van der Waals surface area (Å²) in [5, 5.41) is 9.35. The summed E-state index contributed by atoms with van der Waals surface area (Å²) in [6.45, 7) is 3.78. The molecule has 0 aromatic rings. The number of nitrogens with two attached hydrogens (primary N) is 1. The largest absolute Gasteiger partial charge is 0.465 e. The molecule has 0 saturated heterocycles. The van der Waals surface area contributed by atoms with Crippen LogP contribution in [-0.2, 0) is 33.4 Å². The molecule has 0 bridgehead atoms. The maximum absolute atomic E-state index is 11.2. The summed E-state index contributed by atoms with van der Waals surface area (Å²) in [5.74, 6) is -2.12. The Kier molecular flexibility index (Phi) is 12.9. The number of aliphatic hydroxyl groups excluding tert-OH is 1.